The van der Waals surface area contributed by atoms with Crippen molar-refractivity contribution in [2.45, 2.75) is 71.3 Å². The Morgan fingerprint density at radius 3 is 2.50 bits per heavy atom. The zero-order valence-electron chi connectivity index (χ0n) is 9.93. The molecule has 1 saturated carbocycles. The minimum absolute atomic E-state index is 0.507. The van der Waals surface area contributed by atoms with Crippen LogP contribution in [0.15, 0.2) is 0 Å². The van der Waals surface area contributed by atoms with Gasteiger partial charge >= 0.3 is 0 Å². The molecule has 1 heteroatoms. The quantitative estimate of drug-likeness (QED) is 0.582. The van der Waals surface area contributed by atoms with Gasteiger partial charge in [-0.25, -0.2) is 0 Å². The summed E-state index contributed by atoms with van der Waals surface area (Å²) in [4.78, 5) is 0. The van der Waals surface area contributed by atoms with Crippen molar-refractivity contribution < 1.29 is 4.74 Å². The molecule has 1 unspecified atom stereocenters. The van der Waals surface area contributed by atoms with Gasteiger partial charge in [-0.15, -0.1) is 0 Å². The molecule has 0 radical (unpaired) electrons. The van der Waals surface area contributed by atoms with Crippen molar-refractivity contribution in [1.29, 1.82) is 0 Å². The standard InChI is InChI=1S/C13H26O/c1-3-4-8-11-14-12(2)13-9-6-5-7-10-13/h12-13H,3-11H2,1-2H3. The Morgan fingerprint density at radius 1 is 1.14 bits per heavy atom. The smallest absolute Gasteiger partial charge is 0.0575 e. The Labute approximate surface area is 89.2 Å². The molecule has 0 spiro atoms. The Balaban J connectivity index is 2.04. The first-order valence-electron chi connectivity index (χ1n) is 6.46. The van der Waals surface area contributed by atoms with Gasteiger partial charge in [0.25, 0.3) is 0 Å². The van der Waals surface area contributed by atoms with Crippen LogP contribution in [0.25, 0.3) is 0 Å². The van der Waals surface area contributed by atoms with Crippen LogP contribution in [0.4, 0.5) is 0 Å². The topological polar surface area (TPSA) is 9.23 Å². The van der Waals surface area contributed by atoms with E-state index in [2.05, 4.69) is 13.8 Å². The molecule has 0 saturated heterocycles. The Bertz CT molecular complexity index is 127. The molecule has 1 rings (SSSR count). The highest BCUT2D eigenvalue weighted by Gasteiger charge is 2.19. The molecule has 1 fully saturated rings. The average molecular weight is 198 g/mol. The maximum Gasteiger partial charge on any atom is 0.0575 e. The molecule has 84 valence electrons. The maximum absolute atomic E-state index is 5.88. The fraction of sp³-hybridized carbons (Fsp3) is 1.00. The lowest BCUT2D eigenvalue weighted by Gasteiger charge is -2.27. The van der Waals surface area contributed by atoms with Crippen molar-refractivity contribution >= 4 is 0 Å². The van der Waals surface area contributed by atoms with Crippen molar-refractivity contribution in [1.82, 2.24) is 0 Å². The molecular formula is C13H26O. The first-order chi connectivity index (χ1) is 6.84. The first kappa shape index (κ1) is 12.0. The predicted octanol–water partition coefficient (Wildman–Crippen LogP) is 4.16. The van der Waals surface area contributed by atoms with Crippen molar-refractivity contribution in [3.05, 3.63) is 0 Å². The maximum atomic E-state index is 5.88. The molecule has 0 aromatic rings. The highest BCUT2D eigenvalue weighted by Crippen LogP contribution is 2.27. The van der Waals surface area contributed by atoms with E-state index < -0.39 is 0 Å². The van der Waals surface area contributed by atoms with Crippen LogP contribution in [0.2, 0.25) is 0 Å². The van der Waals surface area contributed by atoms with Crippen LogP contribution in [0, 0.1) is 5.92 Å². The summed E-state index contributed by atoms with van der Waals surface area (Å²) in [6.07, 6.45) is 11.4. The lowest BCUT2D eigenvalue weighted by molar-refractivity contribution is 0.0111. The fourth-order valence-corrected chi connectivity index (χ4v) is 2.36. The summed E-state index contributed by atoms with van der Waals surface area (Å²) in [6, 6.07) is 0. The van der Waals surface area contributed by atoms with E-state index in [0.717, 1.165) is 12.5 Å². The molecule has 0 amide bonds. The minimum atomic E-state index is 0.507. The molecule has 0 bridgehead atoms. The second kappa shape index (κ2) is 7.28. The lowest BCUT2D eigenvalue weighted by Crippen LogP contribution is -2.23. The van der Waals surface area contributed by atoms with Crippen LogP contribution < -0.4 is 0 Å². The zero-order chi connectivity index (χ0) is 10.2. The summed E-state index contributed by atoms with van der Waals surface area (Å²) in [7, 11) is 0. The van der Waals surface area contributed by atoms with E-state index in [-0.39, 0.29) is 0 Å². The molecule has 0 aliphatic heterocycles. The van der Waals surface area contributed by atoms with Crippen molar-refractivity contribution in [2.24, 2.45) is 5.92 Å². The first-order valence-corrected chi connectivity index (χ1v) is 6.46. The lowest BCUT2D eigenvalue weighted by atomic mass is 9.86. The molecule has 0 aromatic carbocycles. The molecule has 1 atom stereocenters. The van der Waals surface area contributed by atoms with Crippen molar-refractivity contribution in [3.8, 4) is 0 Å². The summed E-state index contributed by atoms with van der Waals surface area (Å²) in [5, 5.41) is 0. The second-order valence-electron chi connectivity index (χ2n) is 4.68. The van der Waals surface area contributed by atoms with E-state index in [4.69, 9.17) is 4.74 Å². The van der Waals surface area contributed by atoms with Crippen LogP contribution in [-0.4, -0.2) is 12.7 Å². The number of ether oxygens (including phenoxy) is 1. The number of unbranched alkanes of at least 4 members (excludes halogenated alkanes) is 2. The predicted molar refractivity (Wildman–Crippen MR) is 61.5 cm³/mol. The fourth-order valence-electron chi connectivity index (χ4n) is 2.36. The van der Waals surface area contributed by atoms with Crippen molar-refractivity contribution in [3.63, 3.8) is 0 Å². The summed E-state index contributed by atoms with van der Waals surface area (Å²) >= 11 is 0. The van der Waals surface area contributed by atoms with E-state index in [1.807, 2.05) is 0 Å². The van der Waals surface area contributed by atoms with Crippen LogP contribution in [0.1, 0.15) is 65.2 Å². The van der Waals surface area contributed by atoms with Crippen molar-refractivity contribution in [2.75, 3.05) is 6.61 Å². The molecule has 14 heavy (non-hydrogen) atoms. The monoisotopic (exact) mass is 198 g/mol. The highest BCUT2D eigenvalue weighted by molar-refractivity contribution is 4.71. The van der Waals surface area contributed by atoms with Gasteiger partial charge in [-0.2, -0.15) is 0 Å². The third-order valence-corrected chi connectivity index (χ3v) is 3.44. The van der Waals surface area contributed by atoms with E-state index >= 15 is 0 Å². The molecule has 0 heterocycles. The zero-order valence-corrected chi connectivity index (χ0v) is 9.93. The third-order valence-electron chi connectivity index (χ3n) is 3.44. The second-order valence-corrected chi connectivity index (χ2v) is 4.68. The van der Waals surface area contributed by atoms with Crippen LogP contribution in [-0.2, 0) is 4.74 Å². The molecule has 1 aliphatic carbocycles. The third kappa shape index (κ3) is 4.45. The Kier molecular flexibility index (Phi) is 6.25. The summed E-state index contributed by atoms with van der Waals surface area (Å²) in [5.41, 5.74) is 0. The molecular weight excluding hydrogens is 172 g/mol. The van der Waals surface area contributed by atoms with E-state index in [9.17, 15) is 0 Å². The van der Waals surface area contributed by atoms with Gasteiger partial charge in [0.05, 0.1) is 6.10 Å². The Morgan fingerprint density at radius 2 is 1.86 bits per heavy atom. The van der Waals surface area contributed by atoms with E-state index in [1.54, 1.807) is 0 Å². The number of rotatable bonds is 6. The van der Waals surface area contributed by atoms with Crippen LogP contribution >= 0.6 is 0 Å². The molecule has 0 N–H and O–H groups in total. The van der Waals surface area contributed by atoms with Gasteiger partial charge in [0.15, 0.2) is 0 Å². The summed E-state index contributed by atoms with van der Waals surface area (Å²) in [6.45, 7) is 5.48. The largest absolute Gasteiger partial charge is 0.378 e. The molecule has 1 aliphatic rings. The van der Waals surface area contributed by atoms with Crippen LogP contribution in [0.3, 0.4) is 0 Å². The number of hydrogen-bond donors (Lipinski definition) is 0. The van der Waals surface area contributed by atoms with Gasteiger partial charge in [-0.3, -0.25) is 0 Å². The van der Waals surface area contributed by atoms with Gasteiger partial charge in [-0.1, -0.05) is 39.0 Å². The average Bonchev–Trinajstić information content (AvgIpc) is 2.25. The molecule has 1 nitrogen and oxygen atoms in total. The van der Waals surface area contributed by atoms with Gasteiger partial charge in [0, 0.05) is 6.61 Å². The van der Waals surface area contributed by atoms with E-state index in [1.165, 1.54) is 51.4 Å². The van der Waals surface area contributed by atoms with Crippen LogP contribution in [0.5, 0.6) is 0 Å². The summed E-state index contributed by atoms with van der Waals surface area (Å²) < 4.78 is 5.88. The van der Waals surface area contributed by atoms with E-state index in [0.29, 0.717) is 6.10 Å². The highest BCUT2D eigenvalue weighted by atomic mass is 16.5. The van der Waals surface area contributed by atoms with Gasteiger partial charge in [0.2, 0.25) is 0 Å². The summed E-state index contributed by atoms with van der Waals surface area (Å²) in [5.74, 6) is 0.852. The number of hydrogen-bond acceptors (Lipinski definition) is 1. The minimum Gasteiger partial charge on any atom is -0.378 e. The van der Waals surface area contributed by atoms with Gasteiger partial charge in [-0.05, 0) is 32.1 Å². The van der Waals surface area contributed by atoms with Gasteiger partial charge < -0.3 is 4.74 Å². The Hall–Kier alpha value is -0.0400. The normalized spacial score (nSPS) is 21.0. The molecule has 0 aromatic heterocycles. The van der Waals surface area contributed by atoms with Gasteiger partial charge in [0.1, 0.15) is 0 Å². The SMILES string of the molecule is CCCCCOC(C)C1CCCCC1.